The van der Waals surface area contributed by atoms with Gasteiger partial charge in [0.2, 0.25) is 0 Å². The van der Waals surface area contributed by atoms with E-state index in [-0.39, 0.29) is 24.5 Å². The molecule has 2 N–H and O–H groups in total. The molecular formula is C23H30N2O7S. The second-order valence-corrected chi connectivity index (χ2v) is 9.99. The Morgan fingerprint density at radius 2 is 1.64 bits per heavy atom. The molecule has 0 saturated carbocycles. The van der Waals surface area contributed by atoms with Crippen LogP contribution in [0.25, 0.3) is 0 Å². The van der Waals surface area contributed by atoms with Gasteiger partial charge in [-0.15, -0.1) is 0 Å². The van der Waals surface area contributed by atoms with E-state index in [2.05, 4.69) is 4.90 Å². The molecule has 9 nitrogen and oxygen atoms in total. The van der Waals surface area contributed by atoms with E-state index in [1.165, 1.54) is 17.0 Å². The maximum atomic E-state index is 12.3. The van der Waals surface area contributed by atoms with Crippen LogP contribution in [0.1, 0.15) is 18.9 Å². The molecule has 0 aliphatic carbocycles. The van der Waals surface area contributed by atoms with Crippen molar-refractivity contribution in [3.63, 3.8) is 0 Å². The second kappa shape index (κ2) is 10.4. The van der Waals surface area contributed by atoms with Crippen molar-refractivity contribution in [2.45, 2.75) is 30.8 Å². The van der Waals surface area contributed by atoms with Crippen molar-refractivity contribution in [2.75, 3.05) is 44.3 Å². The third kappa shape index (κ3) is 7.08. The predicted octanol–water partition coefficient (Wildman–Crippen LogP) is 2.72. The molecule has 0 aromatic heterocycles. The molecule has 2 aromatic carbocycles. The van der Waals surface area contributed by atoms with Gasteiger partial charge in [-0.25, -0.2) is 4.79 Å². The van der Waals surface area contributed by atoms with Crippen LogP contribution in [0.3, 0.4) is 0 Å². The average Bonchev–Trinajstić information content (AvgIpc) is 2.78. The maximum absolute atomic E-state index is 12.3. The zero-order chi connectivity index (χ0) is 24.1. The number of carboxylic acid groups (broad SMARTS) is 1. The molecule has 1 heterocycles. The van der Waals surface area contributed by atoms with Crippen molar-refractivity contribution >= 4 is 21.9 Å². The number of aryl methyl sites for hydroxylation is 1. The molecule has 1 atom stereocenters. The van der Waals surface area contributed by atoms with Gasteiger partial charge in [0, 0.05) is 38.3 Å². The summed E-state index contributed by atoms with van der Waals surface area (Å²) < 4.78 is 35.2. The fourth-order valence-electron chi connectivity index (χ4n) is 3.36. The quantitative estimate of drug-likeness (QED) is 0.529. The number of hydrogen-bond donors (Lipinski definition) is 2. The normalized spacial score (nSPS) is 16.3. The van der Waals surface area contributed by atoms with Crippen LogP contribution in [-0.4, -0.2) is 74.6 Å². The minimum absolute atomic E-state index is 0.0302. The van der Waals surface area contributed by atoms with E-state index in [1.807, 2.05) is 19.1 Å². The molecule has 0 bridgehead atoms. The SMILES string of the molecule is Cc1ccc(S(=O)(=O)OCCC(C)(O)COc2ccc(N3CCN(C(=O)O)CC3)cc2)cc1. The lowest BCUT2D eigenvalue weighted by Gasteiger charge is -2.34. The molecule has 2 aromatic rings. The van der Waals surface area contributed by atoms with Gasteiger partial charge in [-0.3, -0.25) is 4.18 Å². The van der Waals surface area contributed by atoms with Gasteiger partial charge in [-0.05, 0) is 50.2 Å². The van der Waals surface area contributed by atoms with Crippen molar-refractivity contribution in [1.29, 1.82) is 0 Å². The van der Waals surface area contributed by atoms with Crippen LogP contribution >= 0.6 is 0 Å². The van der Waals surface area contributed by atoms with Crippen LogP contribution in [0.15, 0.2) is 53.4 Å². The Labute approximate surface area is 194 Å². The monoisotopic (exact) mass is 478 g/mol. The highest BCUT2D eigenvalue weighted by molar-refractivity contribution is 7.86. The molecule has 1 saturated heterocycles. The van der Waals surface area contributed by atoms with E-state index in [9.17, 15) is 18.3 Å². The van der Waals surface area contributed by atoms with Crippen LogP contribution < -0.4 is 9.64 Å². The Morgan fingerprint density at radius 3 is 2.21 bits per heavy atom. The fourth-order valence-corrected chi connectivity index (χ4v) is 4.27. The summed E-state index contributed by atoms with van der Waals surface area (Å²) in [6, 6.07) is 13.7. The third-order valence-electron chi connectivity index (χ3n) is 5.49. The lowest BCUT2D eigenvalue weighted by Crippen LogP contribution is -2.48. The summed E-state index contributed by atoms with van der Waals surface area (Å²) >= 11 is 0. The summed E-state index contributed by atoms with van der Waals surface area (Å²) in [5, 5.41) is 19.6. The number of hydrogen-bond acceptors (Lipinski definition) is 7. The molecular weight excluding hydrogens is 448 g/mol. The Hall–Kier alpha value is -2.82. The number of aliphatic hydroxyl groups is 1. The first kappa shape index (κ1) is 24.8. The number of ether oxygens (including phenoxy) is 1. The molecule has 180 valence electrons. The van der Waals surface area contributed by atoms with Gasteiger partial charge >= 0.3 is 6.09 Å². The minimum Gasteiger partial charge on any atom is -0.491 e. The number of rotatable bonds is 9. The summed E-state index contributed by atoms with van der Waals surface area (Å²) in [4.78, 5) is 14.6. The Bertz CT molecular complexity index is 1030. The Kier molecular flexibility index (Phi) is 7.83. The second-order valence-electron chi connectivity index (χ2n) is 8.38. The van der Waals surface area contributed by atoms with E-state index < -0.39 is 21.8 Å². The summed E-state index contributed by atoms with van der Waals surface area (Å²) in [6.45, 7) is 5.37. The van der Waals surface area contributed by atoms with Gasteiger partial charge in [0.25, 0.3) is 10.1 Å². The standard InChI is InChI=1S/C23H30N2O7S/c1-18-3-9-21(10-4-18)33(29,30)32-16-11-23(2,28)17-31-20-7-5-19(6-8-20)24-12-14-25(15-13-24)22(26)27/h3-10,28H,11-17H2,1-2H3,(H,26,27). The summed E-state index contributed by atoms with van der Waals surface area (Å²) in [7, 11) is -3.88. The Balaban J connectivity index is 1.45. The van der Waals surface area contributed by atoms with Gasteiger partial charge in [-0.1, -0.05) is 17.7 Å². The van der Waals surface area contributed by atoms with Gasteiger partial charge in [0.1, 0.15) is 12.4 Å². The molecule has 10 heteroatoms. The summed E-state index contributed by atoms with van der Waals surface area (Å²) in [5.74, 6) is 0.566. The van der Waals surface area contributed by atoms with Crippen molar-refractivity contribution in [2.24, 2.45) is 0 Å². The van der Waals surface area contributed by atoms with Gasteiger partial charge < -0.3 is 24.7 Å². The lowest BCUT2D eigenvalue weighted by atomic mass is 10.1. The molecule has 1 unspecified atom stereocenters. The predicted molar refractivity (Wildman–Crippen MR) is 123 cm³/mol. The van der Waals surface area contributed by atoms with E-state index >= 15 is 0 Å². The van der Waals surface area contributed by atoms with Gasteiger partial charge in [-0.2, -0.15) is 8.42 Å². The van der Waals surface area contributed by atoms with Crippen LogP contribution in [0.4, 0.5) is 10.5 Å². The maximum Gasteiger partial charge on any atom is 0.407 e. The summed E-state index contributed by atoms with van der Waals surface area (Å²) in [5.41, 5.74) is 0.630. The first-order valence-corrected chi connectivity index (χ1v) is 12.1. The van der Waals surface area contributed by atoms with E-state index in [4.69, 9.17) is 14.0 Å². The molecule has 1 amide bonds. The van der Waals surface area contributed by atoms with E-state index in [1.54, 1.807) is 31.2 Å². The molecule has 0 spiro atoms. The van der Waals surface area contributed by atoms with Gasteiger partial charge in [0.05, 0.1) is 17.1 Å². The first-order valence-electron chi connectivity index (χ1n) is 10.7. The third-order valence-corrected chi connectivity index (χ3v) is 6.82. The van der Waals surface area contributed by atoms with Gasteiger partial charge in [0.15, 0.2) is 0 Å². The van der Waals surface area contributed by atoms with Crippen molar-refractivity contribution in [1.82, 2.24) is 4.90 Å². The lowest BCUT2D eigenvalue weighted by molar-refractivity contribution is -0.00455. The number of carbonyl (C=O) groups is 1. The molecule has 0 radical (unpaired) electrons. The highest BCUT2D eigenvalue weighted by Gasteiger charge is 2.24. The van der Waals surface area contributed by atoms with E-state index in [0.29, 0.717) is 31.9 Å². The van der Waals surface area contributed by atoms with Crippen LogP contribution in [0, 0.1) is 6.92 Å². The number of piperazine rings is 1. The zero-order valence-corrected chi connectivity index (χ0v) is 19.6. The summed E-state index contributed by atoms with van der Waals surface area (Å²) in [6.07, 6.45) is -0.826. The topological polar surface area (TPSA) is 117 Å². The van der Waals surface area contributed by atoms with Crippen LogP contribution in [0.2, 0.25) is 0 Å². The number of anilines is 1. The highest BCUT2D eigenvalue weighted by Crippen LogP contribution is 2.22. The Morgan fingerprint density at radius 1 is 1.03 bits per heavy atom. The average molecular weight is 479 g/mol. The van der Waals surface area contributed by atoms with Crippen LogP contribution in [0.5, 0.6) is 5.75 Å². The van der Waals surface area contributed by atoms with Crippen molar-refractivity contribution in [3.8, 4) is 5.75 Å². The number of nitrogens with zero attached hydrogens (tertiary/aromatic N) is 2. The first-order chi connectivity index (χ1) is 15.6. The minimum atomic E-state index is -3.88. The molecule has 1 fully saturated rings. The smallest absolute Gasteiger partial charge is 0.407 e. The number of benzene rings is 2. The molecule has 1 aliphatic heterocycles. The zero-order valence-electron chi connectivity index (χ0n) is 18.8. The molecule has 33 heavy (non-hydrogen) atoms. The highest BCUT2D eigenvalue weighted by atomic mass is 32.2. The molecule has 3 rings (SSSR count). The number of amides is 1. The van der Waals surface area contributed by atoms with Crippen molar-refractivity contribution < 1.29 is 32.3 Å². The van der Waals surface area contributed by atoms with Crippen LogP contribution in [-0.2, 0) is 14.3 Å². The van der Waals surface area contributed by atoms with Crippen molar-refractivity contribution in [3.05, 3.63) is 54.1 Å². The fraction of sp³-hybridized carbons (Fsp3) is 0.435. The van der Waals surface area contributed by atoms with E-state index in [0.717, 1.165) is 11.3 Å². The largest absolute Gasteiger partial charge is 0.491 e. The molecule has 1 aliphatic rings.